The van der Waals surface area contributed by atoms with Gasteiger partial charge in [-0.1, -0.05) is 0 Å². The maximum Gasteiger partial charge on any atom is 0.225 e. The molecule has 4 rings (SSSR count). The van der Waals surface area contributed by atoms with Crippen molar-refractivity contribution in [3.8, 4) is 0 Å². The Balaban J connectivity index is 1.37. The van der Waals surface area contributed by atoms with Crippen molar-refractivity contribution in [2.24, 2.45) is 0 Å². The van der Waals surface area contributed by atoms with Crippen molar-refractivity contribution < 1.29 is 9.90 Å². The average Bonchev–Trinajstić information content (AvgIpc) is 3.01. The van der Waals surface area contributed by atoms with Gasteiger partial charge in [0, 0.05) is 25.5 Å². The minimum atomic E-state index is -0.777. The van der Waals surface area contributed by atoms with Crippen molar-refractivity contribution in [3.63, 3.8) is 0 Å². The van der Waals surface area contributed by atoms with E-state index in [9.17, 15) is 9.90 Å². The Labute approximate surface area is 145 Å². The predicted octanol–water partition coefficient (Wildman–Crippen LogP) is 0.932. The molecule has 2 aromatic heterocycles. The largest absolute Gasteiger partial charge is 0.389 e. The van der Waals surface area contributed by atoms with Crippen molar-refractivity contribution in [1.82, 2.24) is 24.6 Å². The second-order valence-electron chi connectivity index (χ2n) is 6.85. The number of nitrogens with zero attached hydrogens (tertiary/aromatic N) is 5. The smallest absolute Gasteiger partial charge is 0.225 e. The van der Waals surface area contributed by atoms with Crippen molar-refractivity contribution in [2.75, 3.05) is 11.9 Å². The molecule has 8 heteroatoms. The predicted molar refractivity (Wildman–Crippen MR) is 90.4 cm³/mol. The van der Waals surface area contributed by atoms with Gasteiger partial charge in [-0.05, 0) is 31.4 Å². The van der Waals surface area contributed by atoms with Crippen LogP contribution in [-0.4, -0.2) is 47.8 Å². The zero-order valence-corrected chi connectivity index (χ0v) is 14.1. The van der Waals surface area contributed by atoms with Crippen molar-refractivity contribution in [1.29, 1.82) is 0 Å². The first-order valence-electron chi connectivity index (χ1n) is 8.68. The molecule has 3 heterocycles. The Morgan fingerprint density at radius 2 is 2.20 bits per heavy atom. The molecule has 0 bridgehead atoms. The first-order chi connectivity index (χ1) is 12.1. The van der Waals surface area contributed by atoms with Crippen LogP contribution in [0.1, 0.15) is 37.3 Å². The van der Waals surface area contributed by atoms with Gasteiger partial charge in [0.2, 0.25) is 5.91 Å². The number of fused-ring (bicyclic) bond motifs is 1. The van der Waals surface area contributed by atoms with Crippen LogP contribution in [-0.2, 0) is 24.4 Å². The quantitative estimate of drug-likeness (QED) is 0.839. The third-order valence-corrected chi connectivity index (χ3v) is 5.06. The number of hydrogen-bond donors (Lipinski definition) is 2. The number of carbonyl (C=O) groups excluding carboxylic acids is 1. The van der Waals surface area contributed by atoms with Gasteiger partial charge in [0.1, 0.15) is 0 Å². The van der Waals surface area contributed by atoms with Gasteiger partial charge in [-0.15, -0.1) is 10.2 Å². The van der Waals surface area contributed by atoms with E-state index in [1.54, 1.807) is 17.3 Å². The van der Waals surface area contributed by atoms with E-state index in [0.717, 1.165) is 36.6 Å². The van der Waals surface area contributed by atoms with Gasteiger partial charge < -0.3 is 19.9 Å². The lowest BCUT2D eigenvalue weighted by molar-refractivity contribution is -0.141. The molecule has 0 spiro atoms. The molecule has 132 valence electrons. The zero-order chi connectivity index (χ0) is 17.3. The summed E-state index contributed by atoms with van der Waals surface area (Å²) in [7, 11) is 0. The number of nitrogens with one attached hydrogen (secondary N) is 1. The van der Waals surface area contributed by atoms with E-state index in [2.05, 4.69) is 25.1 Å². The summed E-state index contributed by atoms with van der Waals surface area (Å²) in [6.07, 6.45) is 6.18. The maximum atomic E-state index is 12.4. The fraction of sp³-hybridized carbons (Fsp3) is 0.529. The van der Waals surface area contributed by atoms with E-state index in [1.165, 1.54) is 0 Å². The Hall–Kier alpha value is -2.48. The number of anilines is 1. The molecule has 0 atom stereocenters. The molecule has 1 saturated carbocycles. The molecule has 0 aromatic carbocycles. The summed E-state index contributed by atoms with van der Waals surface area (Å²) in [5, 5.41) is 22.0. The van der Waals surface area contributed by atoms with Gasteiger partial charge in [0.25, 0.3) is 0 Å². The highest BCUT2D eigenvalue weighted by molar-refractivity contribution is 5.77. The summed E-state index contributed by atoms with van der Waals surface area (Å²) >= 11 is 0. The summed E-state index contributed by atoms with van der Waals surface area (Å²) in [4.78, 5) is 18.3. The molecular weight excluding hydrogens is 320 g/mol. The Morgan fingerprint density at radius 1 is 1.32 bits per heavy atom. The maximum absolute atomic E-state index is 12.4. The van der Waals surface area contributed by atoms with Crippen LogP contribution in [0.3, 0.4) is 0 Å². The normalized spacial score (nSPS) is 18.4. The summed E-state index contributed by atoms with van der Waals surface area (Å²) in [6, 6.07) is 3.83. The highest BCUT2D eigenvalue weighted by Crippen LogP contribution is 2.35. The number of hydrogen-bond acceptors (Lipinski definition) is 6. The third-order valence-electron chi connectivity index (χ3n) is 5.06. The minimum absolute atomic E-state index is 0.00600. The number of rotatable bonds is 5. The van der Waals surface area contributed by atoms with Crippen LogP contribution >= 0.6 is 0 Å². The molecule has 2 aromatic rings. The second kappa shape index (κ2) is 6.44. The Bertz CT molecular complexity index is 756. The SMILES string of the molecule is O=C(CC1(O)CCC1)N1CCn2c(CNc3cccnc3)nnc2C1. The van der Waals surface area contributed by atoms with Gasteiger partial charge in [-0.25, -0.2) is 0 Å². The standard InChI is InChI=1S/C17H22N6O2/c24-16(9-17(25)4-2-5-17)22-7-8-23-14(20-21-15(23)12-22)11-19-13-3-1-6-18-10-13/h1,3,6,10,19,25H,2,4-5,7-9,11-12H2. The lowest BCUT2D eigenvalue weighted by Gasteiger charge is -2.38. The number of aliphatic hydroxyl groups is 1. The van der Waals surface area contributed by atoms with Crippen molar-refractivity contribution in [3.05, 3.63) is 36.2 Å². The number of pyridine rings is 1. The summed E-state index contributed by atoms with van der Waals surface area (Å²) < 4.78 is 2.06. The van der Waals surface area contributed by atoms with Crippen LogP contribution in [0, 0.1) is 0 Å². The monoisotopic (exact) mass is 342 g/mol. The molecule has 2 N–H and O–H groups in total. The average molecular weight is 342 g/mol. The molecule has 0 saturated heterocycles. The molecular formula is C17H22N6O2. The van der Waals surface area contributed by atoms with Crippen LogP contribution in [0.4, 0.5) is 5.69 Å². The summed E-state index contributed by atoms with van der Waals surface area (Å²) in [5.74, 6) is 1.65. The number of aromatic nitrogens is 4. The van der Waals surface area contributed by atoms with Gasteiger partial charge >= 0.3 is 0 Å². The zero-order valence-electron chi connectivity index (χ0n) is 14.1. The van der Waals surface area contributed by atoms with E-state index in [4.69, 9.17) is 0 Å². The van der Waals surface area contributed by atoms with Crippen LogP contribution in [0.5, 0.6) is 0 Å². The summed E-state index contributed by atoms with van der Waals surface area (Å²) in [6.45, 7) is 2.32. The van der Waals surface area contributed by atoms with Gasteiger partial charge in [-0.3, -0.25) is 9.78 Å². The van der Waals surface area contributed by atoms with E-state index < -0.39 is 5.60 Å². The topological polar surface area (TPSA) is 96.2 Å². The third kappa shape index (κ3) is 3.34. The minimum Gasteiger partial charge on any atom is -0.389 e. The molecule has 1 amide bonds. The molecule has 1 aliphatic carbocycles. The molecule has 0 unspecified atom stereocenters. The number of carbonyl (C=O) groups is 1. The van der Waals surface area contributed by atoms with E-state index in [0.29, 0.717) is 26.2 Å². The lowest BCUT2D eigenvalue weighted by Crippen LogP contribution is -2.45. The highest BCUT2D eigenvalue weighted by Gasteiger charge is 2.38. The Morgan fingerprint density at radius 3 is 2.92 bits per heavy atom. The second-order valence-corrected chi connectivity index (χ2v) is 6.85. The number of amides is 1. The van der Waals surface area contributed by atoms with Crippen LogP contribution < -0.4 is 5.32 Å². The fourth-order valence-electron chi connectivity index (χ4n) is 3.37. The highest BCUT2D eigenvalue weighted by atomic mass is 16.3. The van der Waals surface area contributed by atoms with Crippen LogP contribution in [0.2, 0.25) is 0 Å². The molecule has 25 heavy (non-hydrogen) atoms. The lowest BCUT2D eigenvalue weighted by atomic mass is 9.77. The first-order valence-corrected chi connectivity index (χ1v) is 8.68. The molecule has 8 nitrogen and oxygen atoms in total. The van der Waals surface area contributed by atoms with E-state index in [-0.39, 0.29) is 12.3 Å². The molecule has 1 fully saturated rings. The van der Waals surface area contributed by atoms with Crippen molar-refractivity contribution >= 4 is 11.6 Å². The van der Waals surface area contributed by atoms with E-state index >= 15 is 0 Å². The molecule has 0 radical (unpaired) electrons. The van der Waals surface area contributed by atoms with Crippen LogP contribution in [0.15, 0.2) is 24.5 Å². The fourth-order valence-corrected chi connectivity index (χ4v) is 3.37. The molecule has 2 aliphatic rings. The van der Waals surface area contributed by atoms with Gasteiger partial charge in [0.15, 0.2) is 11.6 Å². The van der Waals surface area contributed by atoms with Gasteiger partial charge in [0.05, 0.1) is 30.8 Å². The van der Waals surface area contributed by atoms with Crippen LogP contribution in [0.25, 0.3) is 0 Å². The molecule has 1 aliphatic heterocycles. The van der Waals surface area contributed by atoms with Gasteiger partial charge in [-0.2, -0.15) is 0 Å². The van der Waals surface area contributed by atoms with E-state index in [1.807, 2.05) is 12.1 Å². The summed E-state index contributed by atoms with van der Waals surface area (Å²) in [5.41, 5.74) is 0.155. The first kappa shape index (κ1) is 16.0. The Kier molecular flexibility index (Phi) is 4.12. The van der Waals surface area contributed by atoms with Crippen molar-refractivity contribution in [2.45, 2.75) is 50.9 Å².